The highest BCUT2D eigenvalue weighted by Crippen LogP contribution is 2.13. The van der Waals surface area contributed by atoms with Gasteiger partial charge in [0.2, 0.25) is 0 Å². The Hall–Kier alpha value is -2.40. The quantitative estimate of drug-likeness (QED) is 0.297. The maximum Gasteiger partial charge on any atom is 0.185 e. The van der Waals surface area contributed by atoms with Crippen molar-refractivity contribution < 1.29 is 4.79 Å². The van der Waals surface area contributed by atoms with Crippen LogP contribution in [0.5, 0.6) is 0 Å². The number of rotatable bonds is 8. The first-order chi connectivity index (χ1) is 13.2. The van der Waals surface area contributed by atoms with E-state index in [4.69, 9.17) is 11.6 Å². The molecular weight excluding hydrogens is 372 g/mol. The maximum atomic E-state index is 11.6. The van der Waals surface area contributed by atoms with Gasteiger partial charge in [0, 0.05) is 13.1 Å². The van der Waals surface area contributed by atoms with Crippen LogP contribution in [0.25, 0.3) is 0 Å². The minimum atomic E-state index is 0.170. The molecule has 6 heteroatoms. The van der Waals surface area contributed by atoms with Crippen LogP contribution >= 0.6 is 11.6 Å². The zero-order valence-electron chi connectivity index (χ0n) is 17.7. The topological polar surface area (TPSA) is 57.1 Å². The summed E-state index contributed by atoms with van der Waals surface area (Å²) >= 11 is 5.95. The molecule has 0 bridgehead atoms. The number of carbonyl (C=O) groups excluding carboxylic acids is 1. The van der Waals surface area contributed by atoms with Gasteiger partial charge >= 0.3 is 0 Å². The Labute approximate surface area is 173 Å². The molecule has 0 aliphatic rings. The van der Waals surface area contributed by atoms with Crippen molar-refractivity contribution in [3.63, 3.8) is 0 Å². The van der Waals surface area contributed by atoms with Crippen LogP contribution in [-0.2, 0) is 17.8 Å². The molecule has 0 saturated carbocycles. The van der Waals surface area contributed by atoms with Gasteiger partial charge in [0.1, 0.15) is 5.16 Å². The van der Waals surface area contributed by atoms with E-state index in [1.165, 1.54) is 5.56 Å². The molecule has 5 nitrogen and oxygen atoms in total. The number of allylic oxidation sites excluding steroid dienone is 1. The van der Waals surface area contributed by atoms with E-state index in [0.717, 1.165) is 17.6 Å². The summed E-state index contributed by atoms with van der Waals surface area (Å²) in [4.78, 5) is 22.4. The zero-order valence-corrected chi connectivity index (χ0v) is 18.5. The number of aldehydes is 1. The minimum absolute atomic E-state index is 0.170. The highest BCUT2D eigenvalue weighted by atomic mass is 35.5. The number of aryl methyl sites for hydroxylation is 1. The molecule has 0 unspecified atom stereocenters. The van der Waals surface area contributed by atoms with Crippen molar-refractivity contribution in [2.24, 2.45) is 9.98 Å². The number of halogens is 1. The fraction of sp³-hybridized carbons (Fsp3) is 0.409. The third-order valence-corrected chi connectivity index (χ3v) is 4.37. The van der Waals surface area contributed by atoms with Crippen molar-refractivity contribution in [3.05, 3.63) is 58.4 Å². The Kier molecular flexibility index (Phi) is 9.66. The van der Waals surface area contributed by atoms with E-state index >= 15 is 0 Å². The third-order valence-electron chi connectivity index (χ3n) is 4.29. The fourth-order valence-electron chi connectivity index (χ4n) is 2.37. The van der Waals surface area contributed by atoms with Gasteiger partial charge < -0.3 is 10.2 Å². The van der Waals surface area contributed by atoms with Gasteiger partial charge in [-0.1, -0.05) is 49.4 Å². The van der Waals surface area contributed by atoms with Crippen LogP contribution in [0.1, 0.15) is 45.7 Å². The minimum Gasteiger partial charge on any atom is -0.355 e. The van der Waals surface area contributed by atoms with E-state index in [0.29, 0.717) is 24.4 Å². The maximum absolute atomic E-state index is 11.6. The lowest BCUT2D eigenvalue weighted by atomic mass is 10.1. The molecule has 28 heavy (non-hydrogen) atoms. The van der Waals surface area contributed by atoms with Crippen LogP contribution in [0.4, 0.5) is 0 Å². The molecule has 1 aromatic carbocycles. The molecule has 0 heterocycles. The smallest absolute Gasteiger partial charge is 0.185 e. The highest BCUT2D eigenvalue weighted by Gasteiger charge is 2.18. The van der Waals surface area contributed by atoms with Crippen molar-refractivity contribution in [3.8, 4) is 0 Å². The third kappa shape index (κ3) is 7.31. The molecule has 152 valence electrons. The molecule has 0 saturated heterocycles. The first-order valence-electron chi connectivity index (χ1n) is 9.37. The van der Waals surface area contributed by atoms with Crippen molar-refractivity contribution >= 4 is 29.6 Å². The van der Waals surface area contributed by atoms with E-state index < -0.39 is 0 Å². The number of hydrogen-bond donors (Lipinski definition) is 1. The summed E-state index contributed by atoms with van der Waals surface area (Å²) in [5, 5.41) is 3.30. The van der Waals surface area contributed by atoms with Crippen molar-refractivity contribution in [2.45, 2.75) is 53.6 Å². The van der Waals surface area contributed by atoms with Crippen molar-refractivity contribution in [1.29, 1.82) is 0 Å². The summed E-state index contributed by atoms with van der Waals surface area (Å²) in [6.45, 7) is 14.2. The number of carbonyl (C=O) groups is 1. The molecule has 1 N–H and O–H groups in total. The molecule has 0 radical (unpaired) electrons. The molecular formula is C22H31ClN4O. The van der Waals surface area contributed by atoms with Gasteiger partial charge in [-0.25, -0.2) is 4.99 Å². The number of likely N-dealkylation sites (N-methyl/N-ethyl adjacent to an activating group) is 1. The lowest BCUT2D eigenvalue weighted by Crippen LogP contribution is -2.40. The van der Waals surface area contributed by atoms with Gasteiger partial charge in [0.25, 0.3) is 0 Å². The zero-order chi connectivity index (χ0) is 21.3. The summed E-state index contributed by atoms with van der Waals surface area (Å²) in [5.74, 6) is 0.845. The highest BCUT2D eigenvalue weighted by molar-refractivity contribution is 6.31. The molecule has 1 aromatic rings. The second-order valence-corrected chi connectivity index (χ2v) is 7.44. The van der Waals surface area contributed by atoms with Crippen LogP contribution in [0.2, 0.25) is 0 Å². The van der Waals surface area contributed by atoms with Crippen LogP contribution in [0.15, 0.2) is 57.3 Å². The van der Waals surface area contributed by atoms with E-state index in [-0.39, 0.29) is 17.0 Å². The molecule has 0 amide bonds. The van der Waals surface area contributed by atoms with Crippen LogP contribution in [0, 0.1) is 0 Å². The molecule has 0 aliphatic carbocycles. The molecule has 1 rings (SSSR count). The molecule has 0 aromatic heterocycles. The Bertz CT molecular complexity index is 772. The Morgan fingerprint density at radius 3 is 2.25 bits per heavy atom. The van der Waals surface area contributed by atoms with Crippen molar-refractivity contribution in [2.75, 3.05) is 7.05 Å². The van der Waals surface area contributed by atoms with Crippen LogP contribution < -0.4 is 5.32 Å². The predicted molar refractivity (Wildman–Crippen MR) is 120 cm³/mol. The normalized spacial score (nSPS) is 12.0. The average molecular weight is 403 g/mol. The molecule has 0 atom stereocenters. The van der Waals surface area contributed by atoms with Gasteiger partial charge in [-0.2, -0.15) is 0 Å². The summed E-state index contributed by atoms with van der Waals surface area (Å²) < 4.78 is 0. The SMILES string of the molecule is C=C(Cl)N=C(C(NC(C=O)=NCc1ccc(CC)cc1)=C(C)C)N(C)C(C)C. The second kappa shape index (κ2) is 11.4. The number of aliphatic imine (C=N–C) groups is 2. The second-order valence-electron chi connectivity index (χ2n) is 7.01. The van der Waals surface area contributed by atoms with Gasteiger partial charge in [-0.3, -0.25) is 9.79 Å². The lowest BCUT2D eigenvalue weighted by Gasteiger charge is -2.28. The van der Waals surface area contributed by atoms with Gasteiger partial charge in [-0.15, -0.1) is 0 Å². The van der Waals surface area contributed by atoms with E-state index in [9.17, 15) is 4.79 Å². The summed E-state index contributed by atoms with van der Waals surface area (Å²) in [5.41, 5.74) is 3.95. The Balaban J connectivity index is 3.14. The number of nitrogens with zero attached hydrogens (tertiary/aromatic N) is 3. The molecule has 0 spiro atoms. The van der Waals surface area contributed by atoms with E-state index in [2.05, 4.69) is 40.9 Å². The number of nitrogens with one attached hydrogen (secondary N) is 1. The fourth-order valence-corrected chi connectivity index (χ4v) is 2.45. The molecule has 0 aliphatic heterocycles. The predicted octanol–water partition coefficient (Wildman–Crippen LogP) is 4.68. The lowest BCUT2D eigenvalue weighted by molar-refractivity contribution is -0.102. The van der Waals surface area contributed by atoms with Crippen LogP contribution in [0.3, 0.4) is 0 Å². The number of amidine groups is 2. The van der Waals surface area contributed by atoms with Crippen LogP contribution in [-0.4, -0.2) is 35.9 Å². The average Bonchev–Trinajstić information content (AvgIpc) is 2.66. The van der Waals surface area contributed by atoms with Gasteiger partial charge in [-0.05, 0) is 50.8 Å². The van der Waals surface area contributed by atoms with Gasteiger partial charge in [0.15, 0.2) is 18.0 Å². The summed E-state index contributed by atoms with van der Waals surface area (Å²) in [6, 6.07) is 8.40. The van der Waals surface area contributed by atoms with Gasteiger partial charge in [0.05, 0.1) is 12.2 Å². The monoisotopic (exact) mass is 402 g/mol. The Morgan fingerprint density at radius 2 is 1.82 bits per heavy atom. The van der Waals surface area contributed by atoms with Crippen molar-refractivity contribution in [1.82, 2.24) is 10.2 Å². The summed E-state index contributed by atoms with van der Waals surface area (Å²) in [6.07, 6.45) is 1.71. The summed E-state index contributed by atoms with van der Waals surface area (Å²) in [7, 11) is 1.92. The Morgan fingerprint density at radius 1 is 1.25 bits per heavy atom. The number of hydrogen-bond acceptors (Lipinski definition) is 3. The first kappa shape index (κ1) is 23.6. The largest absolute Gasteiger partial charge is 0.355 e. The standard InChI is InChI=1S/C22H31ClN4O/c1-8-18-9-11-19(12-10-18)13-24-20(14-28)26-21(15(2)3)22(25-17(6)23)27(7)16(4)5/h9-12,14,16H,6,8,13H2,1-5,7H3,(H,24,26). The van der Waals surface area contributed by atoms with E-state index in [1.807, 2.05) is 51.8 Å². The first-order valence-corrected chi connectivity index (χ1v) is 9.75. The number of benzene rings is 1. The van der Waals surface area contributed by atoms with E-state index in [1.54, 1.807) is 0 Å². The molecule has 0 fully saturated rings.